The summed E-state index contributed by atoms with van der Waals surface area (Å²) in [4.78, 5) is 11.8. The molecule has 0 bridgehead atoms. The molecule has 0 aromatic heterocycles. The molecular weight excluding hydrogens is 267 g/mol. The van der Waals surface area contributed by atoms with Crippen LogP contribution in [0.5, 0.6) is 0 Å². The molecule has 5 heteroatoms. The van der Waals surface area contributed by atoms with Crippen molar-refractivity contribution in [2.24, 2.45) is 0 Å². The lowest BCUT2D eigenvalue weighted by atomic mass is 9.90. The van der Waals surface area contributed by atoms with Crippen molar-refractivity contribution in [3.8, 4) is 0 Å². The molecule has 1 saturated heterocycles. The molecule has 1 fully saturated rings. The van der Waals surface area contributed by atoms with Crippen LogP contribution in [0.25, 0.3) is 0 Å². The minimum absolute atomic E-state index is 0.0000189. The van der Waals surface area contributed by atoms with E-state index in [1.165, 1.54) is 6.26 Å². The van der Waals surface area contributed by atoms with E-state index in [1.807, 2.05) is 45.9 Å². The highest BCUT2D eigenvalue weighted by Gasteiger charge is 2.50. The van der Waals surface area contributed by atoms with Gasteiger partial charge in [0.2, 0.25) is 0 Å². The van der Waals surface area contributed by atoms with Gasteiger partial charge in [-0.25, -0.2) is 0 Å². The Balaban J connectivity index is 1.81. The first-order chi connectivity index (χ1) is 9.82. The number of ketones is 1. The lowest BCUT2D eigenvalue weighted by Gasteiger charge is -2.32. The zero-order valence-electron chi connectivity index (χ0n) is 13.0. The van der Waals surface area contributed by atoms with Crippen molar-refractivity contribution in [2.45, 2.75) is 38.9 Å². The first kappa shape index (κ1) is 15.8. The smallest absolute Gasteiger partial charge is 0.490 e. The van der Waals surface area contributed by atoms with E-state index in [4.69, 9.17) is 14.0 Å². The van der Waals surface area contributed by atoms with Gasteiger partial charge in [0, 0.05) is 5.56 Å². The highest BCUT2D eigenvalue weighted by molar-refractivity contribution is 6.51. The third-order valence-electron chi connectivity index (χ3n) is 3.91. The predicted octanol–water partition coefficient (Wildman–Crippen LogP) is 3.03. The number of Topliss-reactive ketones (excluding diaryl/α,β-unsaturated/α-hetero) is 1. The maximum absolute atomic E-state index is 11.8. The van der Waals surface area contributed by atoms with Crippen molar-refractivity contribution in [2.75, 3.05) is 6.61 Å². The van der Waals surface area contributed by atoms with Crippen LogP contribution in [0.4, 0.5) is 0 Å². The Bertz CT molecular complexity index is 506. The Morgan fingerprint density at radius 1 is 1.14 bits per heavy atom. The largest absolute Gasteiger partial charge is 0.494 e. The number of benzene rings is 1. The fourth-order valence-corrected chi connectivity index (χ4v) is 1.92. The number of carbonyl (C=O) groups is 1. The molecule has 0 radical (unpaired) electrons. The highest BCUT2D eigenvalue weighted by atomic mass is 16.7. The van der Waals surface area contributed by atoms with Crippen molar-refractivity contribution < 1.29 is 18.8 Å². The third kappa shape index (κ3) is 3.74. The monoisotopic (exact) mass is 288 g/mol. The van der Waals surface area contributed by atoms with Crippen molar-refractivity contribution in [1.29, 1.82) is 0 Å². The molecule has 1 heterocycles. The average Bonchev–Trinajstić information content (AvgIpc) is 2.63. The number of hydrogen-bond acceptors (Lipinski definition) is 4. The molecular formula is C16H21BO4. The van der Waals surface area contributed by atoms with E-state index >= 15 is 0 Å². The van der Waals surface area contributed by atoms with Crippen molar-refractivity contribution in [3.63, 3.8) is 0 Å². The molecule has 1 aromatic carbocycles. The lowest BCUT2D eigenvalue weighted by molar-refractivity contribution is 0.00578. The van der Waals surface area contributed by atoms with E-state index in [9.17, 15) is 4.79 Å². The Morgan fingerprint density at radius 2 is 1.71 bits per heavy atom. The van der Waals surface area contributed by atoms with E-state index < -0.39 is 7.12 Å². The Morgan fingerprint density at radius 3 is 2.29 bits per heavy atom. The Labute approximate surface area is 126 Å². The summed E-state index contributed by atoms with van der Waals surface area (Å²) in [5.74, 6) is 1.61. The van der Waals surface area contributed by atoms with E-state index in [-0.39, 0.29) is 23.6 Å². The summed E-state index contributed by atoms with van der Waals surface area (Å²) in [6.45, 7) is 7.95. The molecule has 1 aromatic rings. The van der Waals surface area contributed by atoms with Crippen LogP contribution in [-0.2, 0) is 14.0 Å². The second-order valence-electron chi connectivity index (χ2n) is 6.05. The molecule has 0 aliphatic carbocycles. The summed E-state index contributed by atoms with van der Waals surface area (Å²) in [7, 11) is -0.457. The molecule has 0 saturated carbocycles. The van der Waals surface area contributed by atoms with Gasteiger partial charge in [-0.2, -0.15) is 0 Å². The van der Waals surface area contributed by atoms with Crippen LogP contribution in [0.1, 0.15) is 38.1 Å². The average molecular weight is 288 g/mol. The van der Waals surface area contributed by atoms with E-state index in [0.29, 0.717) is 5.56 Å². The van der Waals surface area contributed by atoms with Crippen LogP contribution in [0.15, 0.2) is 42.6 Å². The van der Waals surface area contributed by atoms with Gasteiger partial charge in [-0.1, -0.05) is 30.3 Å². The Kier molecular flexibility index (Phi) is 4.54. The van der Waals surface area contributed by atoms with Gasteiger partial charge >= 0.3 is 7.12 Å². The van der Waals surface area contributed by atoms with E-state index in [0.717, 1.165) is 0 Å². The van der Waals surface area contributed by atoms with Gasteiger partial charge in [-0.05, 0) is 33.7 Å². The standard InChI is InChI=1S/C16H21BO4/c1-15(2)16(3,4)21-17(20-15)10-11-19-12-14(18)13-8-6-5-7-9-13/h5-11H,12H2,1-4H3/b11-10-. The van der Waals surface area contributed by atoms with Gasteiger partial charge in [-0.3, -0.25) is 4.79 Å². The second-order valence-corrected chi connectivity index (χ2v) is 6.05. The normalized spacial score (nSPS) is 19.9. The lowest BCUT2D eigenvalue weighted by Crippen LogP contribution is -2.41. The SMILES string of the molecule is CC1(C)OB(/C=C\OCC(=O)c2ccccc2)OC1(C)C. The first-order valence-corrected chi connectivity index (χ1v) is 7.04. The van der Waals surface area contributed by atoms with E-state index in [1.54, 1.807) is 18.1 Å². The van der Waals surface area contributed by atoms with Crippen LogP contribution in [0.3, 0.4) is 0 Å². The van der Waals surface area contributed by atoms with Crippen LogP contribution >= 0.6 is 0 Å². The number of rotatable bonds is 5. The van der Waals surface area contributed by atoms with Gasteiger partial charge in [0.1, 0.15) is 0 Å². The summed E-state index contributed by atoms with van der Waals surface area (Å²) in [5, 5.41) is 0. The molecule has 112 valence electrons. The summed E-state index contributed by atoms with van der Waals surface area (Å²) >= 11 is 0. The molecule has 0 atom stereocenters. The van der Waals surface area contributed by atoms with Crippen molar-refractivity contribution in [1.82, 2.24) is 0 Å². The molecule has 0 amide bonds. The minimum atomic E-state index is -0.457. The van der Waals surface area contributed by atoms with Crippen LogP contribution < -0.4 is 0 Å². The molecule has 2 rings (SSSR count). The zero-order valence-corrected chi connectivity index (χ0v) is 13.0. The van der Waals surface area contributed by atoms with Gasteiger partial charge in [-0.15, -0.1) is 0 Å². The molecule has 0 spiro atoms. The summed E-state index contributed by atoms with van der Waals surface area (Å²) in [5.41, 5.74) is -0.106. The number of hydrogen-bond donors (Lipinski definition) is 0. The molecule has 0 N–H and O–H groups in total. The van der Waals surface area contributed by atoms with Crippen LogP contribution in [0.2, 0.25) is 0 Å². The second kappa shape index (κ2) is 6.04. The maximum atomic E-state index is 11.8. The molecule has 4 nitrogen and oxygen atoms in total. The van der Waals surface area contributed by atoms with Gasteiger partial charge in [0.05, 0.1) is 17.5 Å². The molecule has 1 aliphatic heterocycles. The third-order valence-corrected chi connectivity index (χ3v) is 3.91. The minimum Gasteiger partial charge on any atom is -0.494 e. The van der Waals surface area contributed by atoms with Gasteiger partial charge < -0.3 is 14.0 Å². The fraction of sp³-hybridized carbons (Fsp3) is 0.438. The number of carbonyl (C=O) groups excluding carboxylic acids is 1. The van der Waals surface area contributed by atoms with Gasteiger partial charge in [0.15, 0.2) is 12.4 Å². The fourth-order valence-electron chi connectivity index (χ4n) is 1.92. The van der Waals surface area contributed by atoms with Crippen molar-refractivity contribution in [3.05, 3.63) is 48.1 Å². The first-order valence-electron chi connectivity index (χ1n) is 7.04. The highest BCUT2D eigenvalue weighted by Crippen LogP contribution is 2.36. The topological polar surface area (TPSA) is 44.8 Å². The zero-order chi connectivity index (χ0) is 15.5. The maximum Gasteiger partial charge on any atom is 0.490 e. The van der Waals surface area contributed by atoms with Gasteiger partial charge in [0.25, 0.3) is 0 Å². The summed E-state index contributed by atoms with van der Waals surface area (Å²) < 4.78 is 16.8. The Hall–Kier alpha value is -1.59. The summed E-state index contributed by atoms with van der Waals surface area (Å²) in [6, 6.07) is 9.06. The quantitative estimate of drug-likeness (QED) is 0.474. The summed E-state index contributed by atoms with van der Waals surface area (Å²) in [6.07, 6.45) is 1.46. The molecule has 0 unspecified atom stereocenters. The predicted molar refractivity (Wildman–Crippen MR) is 81.9 cm³/mol. The number of ether oxygens (including phenoxy) is 1. The van der Waals surface area contributed by atoms with E-state index in [2.05, 4.69) is 0 Å². The molecule has 21 heavy (non-hydrogen) atoms. The van der Waals surface area contributed by atoms with Crippen molar-refractivity contribution >= 4 is 12.9 Å². The van der Waals surface area contributed by atoms with Crippen LogP contribution in [0, 0.1) is 0 Å². The van der Waals surface area contributed by atoms with Crippen LogP contribution in [-0.4, -0.2) is 30.7 Å². The molecule has 1 aliphatic rings.